The van der Waals surface area contributed by atoms with Gasteiger partial charge in [-0.1, -0.05) is 20.6 Å². The van der Waals surface area contributed by atoms with Crippen LogP contribution in [0.5, 0.6) is 0 Å². The summed E-state index contributed by atoms with van der Waals surface area (Å²) in [6.07, 6.45) is 0. The van der Waals surface area contributed by atoms with Gasteiger partial charge in [-0.2, -0.15) is 10.4 Å². The van der Waals surface area contributed by atoms with Crippen LogP contribution in [0.2, 0.25) is 0 Å². The van der Waals surface area contributed by atoms with Crippen LogP contribution >= 0.6 is 24.4 Å². The molecule has 0 unspecified atom stereocenters. The molecule has 0 aliphatic heterocycles. The lowest BCUT2D eigenvalue weighted by Crippen LogP contribution is -2.24. The number of amides is 1. The molecule has 0 radical (unpaired) electrons. The van der Waals surface area contributed by atoms with Gasteiger partial charge < -0.3 is 10.1 Å². The average Bonchev–Trinajstić information content (AvgIpc) is 3.09. The van der Waals surface area contributed by atoms with Gasteiger partial charge in [0.05, 0.1) is 6.61 Å². The number of carbonyl (C=O) groups is 2. The lowest BCUT2D eigenvalue weighted by molar-refractivity contribution is -0.144. The van der Waals surface area contributed by atoms with Gasteiger partial charge in [-0.05, 0) is 31.4 Å². The van der Waals surface area contributed by atoms with Gasteiger partial charge in [0.2, 0.25) is 15.4 Å². The summed E-state index contributed by atoms with van der Waals surface area (Å²) in [5, 5.41) is 21.2. The summed E-state index contributed by atoms with van der Waals surface area (Å²) in [5.41, 5.74) is 0. The first-order valence-corrected chi connectivity index (χ1v) is 7.11. The summed E-state index contributed by atoms with van der Waals surface area (Å²) in [7, 11) is 1.55. The van der Waals surface area contributed by atoms with Gasteiger partial charge in [-0.15, -0.1) is 0 Å². The molecular weight excluding hydrogens is 346 g/mol. The fourth-order valence-electron chi connectivity index (χ4n) is 1.20. The minimum Gasteiger partial charge on any atom is -0.465 e. The van der Waals surface area contributed by atoms with Crippen LogP contribution in [0.15, 0.2) is 0 Å². The van der Waals surface area contributed by atoms with Crippen molar-refractivity contribution in [2.75, 3.05) is 13.7 Å². The third-order valence-electron chi connectivity index (χ3n) is 2.24. The Morgan fingerprint density at radius 3 is 2.04 bits per heavy atom. The van der Waals surface area contributed by atoms with E-state index < -0.39 is 0 Å². The Morgan fingerprint density at radius 1 is 1.13 bits per heavy atom. The number of nitrogens with one attached hydrogen (secondary N) is 3. The van der Waals surface area contributed by atoms with E-state index in [0.717, 1.165) is 0 Å². The second-order valence-corrected chi connectivity index (χ2v) is 4.55. The number of ether oxygens (including phenoxy) is 1. The highest BCUT2D eigenvalue weighted by atomic mass is 32.1. The number of nitrogens with zero attached hydrogens (tertiary/aromatic N) is 6. The average molecular weight is 361 g/mol. The van der Waals surface area contributed by atoms with Crippen LogP contribution < -0.4 is 5.32 Å². The molecule has 0 saturated carbocycles. The van der Waals surface area contributed by atoms with Gasteiger partial charge in [0.1, 0.15) is 13.1 Å². The molecule has 2 rings (SSSR count). The molecule has 12 nitrogen and oxygen atoms in total. The number of rotatable bonds is 5. The predicted octanol–water partition coefficient (Wildman–Crippen LogP) is -1.02. The molecule has 0 aromatic carbocycles. The molecule has 0 bridgehead atoms. The summed E-state index contributed by atoms with van der Waals surface area (Å²) >= 11 is 9.47. The maximum Gasteiger partial charge on any atom is 0.327 e. The summed E-state index contributed by atoms with van der Waals surface area (Å²) in [6.45, 7) is 2.25. The van der Waals surface area contributed by atoms with Crippen molar-refractivity contribution in [1.82, 2.24) is 45.7 Å². The van der Waals surface area contributed by atoms with E-state index in [1.807, 2.05) is 0 Å². The number of esters is 1. The minimum absolute atomic E-state index is 0.0275. The number of H-pyrrole nitrogens is 2. The van der Waals surface area contributed by atoms with E-state index >= 15 is 0 Å². The smallest absolute Gasteiger partial charge is 0.327 e. The van der Waals surface area contributed by atoms with Crippen molar-refractivity contribution >= 4 is 36.3 Å². The van der Waals surface area contributed by atoms with Crippen molar-refractivity contribution < 1.29 is 14.3 Å². The van der Waals surface area contributed by atoms with Crippen LogP contribution in [0, 0.1) is 9.54 Å². The number of hydrogen-bond donors (Lipinski definition) is 3. The van der Waals surface area contributed by atoms with Crippen LogP contribution in [0.3, 0.4) is 0 Å². The van der Waals surface area contributed by atoms with Crippen molar-refractivity contribution in [3.63, 3.8) is 0 Å². The second-order valence-electron chi connectivity index (χ2n) is 3.82. The molecule has 2 aromatic rings. The van der Waals surface area contributed by atoms with Gasteiger partial charge in [-0.3, -0.25) is 9.59 Å². The lowest BCUT2D eigenvalue weighted by Gasteiger charge is -1.99. The van der Waals surface area contributed by atoms with E-state index in [1.54, 1.807) is 14.0 Å². The molecule has 0 spiro atoms. The number of likely N-dealkylation sites (N-methyl/N-ethyl adjacent to an activating group) is 1. The number of carbonyl (C=O) groups excluding carboxylic acids is 2. The van der Waals surface area contributed by atoms with Gasteiger partial charge >= 0.3 is 5.97 Å². The highest BCUT2D eigenvalue weighted by Gasteiger charge is 2.04. The highest BCUT2D eigenvalue weighted by Crippen LogP contribution is 1.86. The largest absolute Gasteiger partial charge is 0.465 e. The van der Waals surface area contributed by atoms with Crippen LogP contribution in [0.1, 0.15) is 6.92 Å². The maximum atomic E-state index is 10.9. The van der Waals surface area contributed by atoms with Crippen LogP contribution in [-0.2, 0) is 27.4 Å². The Kier molecular flexibility index (Phi) is 7.69. The number of aromatic amines is 2. The Hall–Kier alpha value is -2.48. The highest BCUT2D eigenvalue weighted by molar-refractivity contribution is 7.71. The SMILES string of the molecule is CCOC(=O)Cn1[nH]nnc1=S.CNC(=O)Cn1[nH]nnc1=S. The molecule has 2 heterocycles. The first kappa shape index (κ1) is 18.6. The van der Waals surface area contributed by atoms with Crippen LogP contribution in [-0.4, -0.2) is 65.9 Å². The Bertz CT molecular complexity index is 746. The molecule has 1 amide bonds. The molecule has 0 aliphatic carbocycles. The van der Waals surface area contributed by atoms with Crippen molar-refractivity contribution in [1.29, 1.82) is 0 Å². The Labute approximate surface area is 140 Å². The maximum absolute atomic E-state index is 10.9. The molecule has 14 heteroatoms. The normalized spacial score (nSPS) is 9.65. The van der Waals surface area contributed by atoms with Gasteiger partial charge in [0.25, 0.3) is 0 Å². The monoisotopic (exact) mass is 361 g/mol. The summed E-state index contributed by atoms with van der Waals surface area (Å²) in [6, 6.07) is 0. The summed E-state index contributed by atoms with van der Waals surface area (Å²) in [4.78, 5) is 21.7. The molecule has 0 aliphatic rings. The number of tetrazole rings is 2. The van der Waals surface area contributed by atoms with Crippen molar-refractivity contribution in [3.05, 3.63) is 9.54 Å². The second kappa shape index (κ2) is 9.52. The Balaban J connectivity index is 0.000000231. The first-order valence-electron chi connectivity index (χ1n) is 6.29. The number of aromatic nitrogens is 8. The zero-order chi connectivity index (χ0) is 17.2. The van der Waals surface area contributed by atoms with Gasteiger partial charge in [0, 0.05) is 7.05 Å². The number of hydrogen-bond acceptors (Lipinski definition) is 9. The van der Waals surface area contributed by atoms with Gasteiger partial charge in [-0.25, -0.2) is 9.36 Å². The first-order chi connectivity index (χ1) is 11.0. The third kappa shape index (κ3) is 6.43. The molecule has 2 aromatic heterocycles. The van der Waals surface area contributed by atoms with E-state index in [4.69, 9.17) is 24.4 Å². The van der Waals surface area contributed by atoms with Crippen LogP contribution in [0.25, 0.3) is 0 Å². The quantitative estimate of drug-likeness (QED) is 0.449. The lowest BCUT2D eigenvalue weighted by atomic mass is 10.6. The summed E-state index contributed by atoms with van der Waals surface area (Å²) < 4.78 is 7.90. The van der Waals surface area contributed by atoms with E-state index in [1.165, 1.54) is 9.36 Å². The fourth-order valence-corrected chi connectivity index (χ4v) is 1.49. The zero-order valence-electron chi connectivity index (χ0n) is 12.3. The van der Waals surface area contributed by atoms with Crippen LogP contribution in [0.4, 0.5) is 0 Å². The van der Waals surface area contributed by atoms with E-state index in [-0.39, 0.29) is 34.5 Å². The third-order valence-corrected chi connectivity index (χ3v) is 2.84. The van der Waals surface area contributed by atoms with Crippen molar-refractivity contribution in [2.24, 2.45) is 0 Å². The Morgan fingerprint density at radius 2 is 1.65 bits per heavy atom. The molecule has 23 heavy (non-hydrogen) atoms. The van der Waals surface area contributed by atoms with Gasteiger partial charge in [0.15, 0.2) is 0 Å². The molecule has 0 saturated heterocycles. The van der Waals surface area contributed by atoms with E-state index in [0.29, 0.717) is 6.61 Å². The van der Waals surface area contributed by atoms with E-state index in [9.17, 15) is 9.59 Å². The minimum atomic E-state index is -0.361. The molecule has 3 N–H and O–H groups in total. The topological polar surface area (TPSA) is 148 Å². The molecule has 126 valence electrons. The summed E-state index contributed by atoms with van der Waals surface area (Å²) in [5.74, 6) is -0.508. The predicted molar refractivity (Wildman–Crippen MR) is 81.1 cm³/mol. The van der Waals surface area contributed by atoms with Crippen molar-refractivity contribution in [3.8, 4) is 0 Å². The zero-order valence-corrected chi connectivity index (χ0v) is 14.0. The van der Waals surface area contributed by atoms with E-state index in [2.05, 4.69) is 41.1 Å². The van der Waals surface area contributed by atoms with Crippen molar-refractivity contribution in [2.45, 2.75) is 20.0 Å². The fraction of sp³-hybridized carbons (Fsp3) is 0.556. The molecule has 0 fully saturated rings. The molecule has 0 atom stereocenters. The standard InChI is InChI=1S/C5H8N4O2S.C4H7N5OS/c1-2-11-4(10)3-9-5(12)6-7-8-9;1-5-3(10)2-9-4(11)6-7-8-9/h2-3H2,1H3,(H,6,8,12);2H2,1H3,(H,5,10)(H,6,8,11). The molecular formula is C9H15N9O3S2.